The van der Waals surface area contributed by atoms with Crippen LogP contribution in [0.4, 0.5) is 0 Å². The smallest absolute Gasteiger partial charge is 0.269 e. The van der Waals surface area contributed by atoms with Crippen LogP contribution >= 0.6 is 0 Å². The maximum absolute atomic E-state index is 12.1. The molecule has 0 aliphatic carbocycles. The van der Waals surface area contributed by atoms with E-state index in [1.165, 1.54) is 12.3 Å². The molecule has 2 amide bonds. The molecule has 0 bridgehead atoms. The standard InChI is InChI=1S/C16H24N4O3/c1-20(2)8-7-18-16(22)14-10-12(5-6-17-14)15(21)19-11-13-4-3-9-23-13/h5-6,10,13H,3-4,7-9,11H2,1-2H3,(H,18,22)(H,19,21). The van der Waals surface area contributed by atoms with Gasteiger partial charge in [0.05, 0.1) is 6.10 Å². The summed E-state index contributed by atoms with van der Waals surface area (Å²) >= 11 is 0. The second-order valence-electron chi connectivity index (χ2n) is 5.83. The van der Waals surface area contributed by atoms with Gasteiger partial charge in [-0.15, -0.1) is 0 Å². The van der Waals surface area contributed by atoms with Crippen molar-refractivity contribution in [3.63, 3.8) is 0 Å². The first-order valence-electron chi connectivity index (χ1n) is 7.85. The van der Waals surface area contributed by atoms with Crippen molar-refractivity contribution < 1.29 is 14.3 Å². The predicted octanol–water partition coefficient (Wildman–Crippen LogP) is 0.282. The Balaban J connectivity index is 1.87. The number of nitrogens with zero attached hydrogens (tertiary/aromatic N) is 2. The van der Waals surface area contributed by atoms with Gasteiger partial charge in [-0.1, -0.05) is 0 Å². The molecule has 7 nitrogen and oxygen atoms in total. The Bertz CT molecular complexity index is 542. The molecule has 1 unspecified atom stereocenters. The molecule has 7 heteroatoms. The monoisotopic (exact) mass is 320 g/mol. The highest BCUT2D eigenvalue weighted by molar-refractivity contribution is 5.98. The van der Waals surface area contributed by atoms with E-state index < -0.39 is 0 Å². The summed E-state index contributed by atoms with van der Waals surface area (Å²) in [5, 5.41) is 5.61. The van der Waals surface area contributed by atoms with Crippen LogP contribution in [0.2, 0.25) is 0 Å². The van der Waals surface area contributed by atoms with Crippen molar-refractivity contribution in [1.29, 1.82) is 0 Å². The van der Waals surface area contributed by atoms with E-state index in [-0.39, 0.29) is 23.6 Å². The molecule has 1 atom stereocenters. The molecule has 23 heavy (non-hydrogen) atoms. The molecule has 126 valence electrons. The summed E-state index contributed by atoms with van der Waals surface area (Å²) in [6, 6.07) is 3.11. The van der Waals surface area contributed by atoms with Crippen LogP contribution in [0.1, 0.15) is 33.7 Å². The van der Waals surface area contributed by atoms with E-state index in [9.17, 15) is 9.59 Å². The van der Waals surface area contributed by atoms with E-state index in [1.807, 2.05) is 19.0 Å². The molecule has 1 fully saturated rings. The molecule has 0 saturated carbocycles. The average Bonchev–Trinajstić information content (AvgIpc) is 3.05. The molecule has 2 heterocycles. The molecule has 1 aromatic rings. The minimum Gasteiger partial charge on any atom is -0.376 e. The summed E-state index contributed by atoms with van der Waals surface area (Å²) in [5.74, 6) is -0.495. The molecule has 2 rings (SSSR count). The summed E-state index contributed by atoms with van der Waals surface area (Å²) in [6.07, 6.45) is 3.57. The number of pyridine rings is 1. The first-order valence-corrected chi connectivity index (χ1v) is 7.85. The second kappa shape index (κ2) is 8.59. The number of rotatable bonds is 7. The highest BCUT2D eigenvalue weighted by Gasteiger charge is 2.17. The van der Waals surface area contributed by atoms with Gasteiger partial charge in [0.2, 0.25) is 0 Å². The molecule has 2 N–H and O–H groups in total. The number of hydrogen-bond acceptors (Lipinski definition) is 5. The lowest BCUT2D eigenvalue weighted by molar-refractivity contribution is 0.0857. The van der Waals surface area contributed by atoms with Gasteiger partial charge >= 0.3 is 0 Å². The third-order valence-corrected chi connectivity index (χ3v) is 3.61. The number of likely N-dealkylation sites (N-methyl/N-ethyl adjacent to an activating group) is 1. The number of carbonyl (C=O) groups is 2. The molecule has 0 radical (unpaired) electrons. The van der Waals surface area contributed by atoms with E-state index in [0.29, 0.717) is 18.7 Å². The van der Waals surface area contributed by atoms with Gasteiger partial charge in [-0.05, 0) is 39.1 Å². The van der Waals surface area contributed by atoms with Crippen LogP contribution in [0.5, 0.6) is 0 Å². The van der Waals surface area contributed by atoms with Crippen molar-refractivity contribution in [2.75, 3.05) is 40.3 Å². The van der Waals surface area contributed by atoms with E-state index in [2.05, 4.69) is 15.6 Å². The van der Waals surface area contributed by atoms with Crippen LogP contribution in [0.25, 0.3) is 0 Å². The fourth-order valence-electron chi connectivity index (χ4n) is 2.29. The topological polar surface area (TPSA) is 83.6 Å². The molecule has 1 saturated heterocycles. The summed E-state index contributed by atoms with van der Waals surface area (Å²) < 4.78 is 5.47. The summed E-state index contributed by atoms with van der Waals surface area (Å²) in [4.78, 5) is 30.2. The Morgan fingerprint density at radius 3 is 2.87 bits per heavy atom. The lowest BCUT2D eigenvalue weighted by Crippen LogP contribution is -2.33. The van der Waals surface area contributed by atoms with Gasteiger partial charge in [-0.2, -0.15) is 0 Å². The van der Waals surface area contributed by atoms with E-state index in [4.69, 9.17) is 4.74 Å². The molecular formula is C16H24N4O3. The average molecular weight is 320 g/mol. The Kier molecular flexibility index (Phi) is 6.49. The third kappa shape index (κ3) is 5.61. The fraction of sp³-hybridized carbons (Fsp3) is 0.562. The zero-order valence-electron chi connectivity index (χ0n) is 13.7. The maximum atomic E-state index is 12.1. The number of amides is 2. The summed E-state index contributed by atoms with van der Waals surface area (Å²) in [6.45, 7) is 2.52. The lowest BCUT2D eigenvalue weighted by Gasteiger charge is -2.12. The lowest BCUT2D eigenvalue weighted by atomic mass is 10.2. The van der Waals surface area contributed by atoms with Crippen molar-refractivity contribution in [1.82, 2.24) is 20.5 Å². The van der Waals surface area contributed by atoms with Gasteiger partial charge in [0, 0.05) is 38.0 Å². The molecule has 0 aromatic carbocycles. The Morgan fingerprint density at radius 1 is 1.35 bits per heavy atom. The highest BCUT2D eigenvalue weighted by atomic mass is 16.5. The van der Waals surface area contributed by atoms with E-state index >= 15 is 0 Å². The fourth-order valence-corrected chi connectivity index (χ4v) is 2.29. The second-order valence-corrected chi connectivity index (χ2v) is 5.83. The van der Waals surface area contributed by atoms with Crippen molar-refractivity contribution in [2.24, 2.45) is 0 Å². The van der Waals surface area contributed by atoms with Crippen molar-refractivity contribution >= 4 is 11.8 Å². The Morgan fingerprint density at radius 2 is 2.17 bits per heavy atom. The molecule has 1 aromatic heterocycles. The van der Waals surface area contributed by atoms with Crippen LogP contribution in [-0.2, 0) is 4.74 Å². The number of carbonyl (C=O) groups excluding carboxylic acids is 2. The first-order chi connectivity index (χ1) is 11.1. The summed E-state index contributed by atoms with van der Waals surface area (Å²) in [5.41, 5.74) is 0.671. The first kappa shape index (κ1) is 17.4. The van der Waals surface area contributed by atoms with Crippen LogP contribution in [-0.4, -0.2) is 68.1 Å². The van der Waals surface area contributed by atoms with Gasteiger partial charge in [0.1, 0.15) is 5.69 Å². The largest absolute Gasteiger partial charge is 0.376 e. The highest BCUT2D eigenvalue weighted by Crippen LogP contribution is 2.11. The quantitative estimate of drug-likeness (QED) is 0.754. The van der Waals surface area contributed by atoms with Gasteiger partial charge in [-0.3, -0.25) is 14.6 Å². The Labute approximate surface area is 136 Å². The van der Waals surface area contributed by atoms with Gasteiger partial charge < -0.3 is 20.3 Å². The van der Waals surface area contributed by atoms with Gasteiger partial charge in [0.15, 0.2) is 0 Å². The molecule has 1 aliphatic rings. The third-order valence-electron chi connectivity index (χ3n) is 3.61. The number of aromatic nitrogens is 1. The SMILES string of the molecule is CN(C)CCNC(=O)c1cc(C(=O)NCC2CCCO2)ccn1. The van der Waals surface area contributed by atoms with Crippen molar-refractivity contribution in [3.8, 4) is 0 Å². The van der Waals surface area contributed by atoms with Crippen molar-refractivity contribution in [2.45, 2.75) is 18.9 Å². The minimum absolute atomic E-state index is 0.0922. The maximum Gasteiger partial charge on any atom is 0.269 e. The van der Waals surface area contributed by atoms with Gasteiger partial charge in [-0.25, -0.2) is 0 Å². The van der Waals surface area contributed by atoms with Crippen LogP contribution in [0.15, 0.2) is 18.3 Å². The van der Waals surface area contributed by atoms with E-state index in [1.54, 1.807) is 6.07 Å². The molecule has 1 aliphatic heterocycles. The Hall–Kier alpha value is -1.99. The zero-order valence-corrected chi connectivity index (χ0v) is 13.7. The normalized spacial score (nSPS) is 17.3. The molecular weight excluding hydrogens is 296 g/mol. The van der Waals surface area contributed by atoms with Crippen molar-refractivity contribution in [3.05, 3.63) is 29.6 Å². The minimum atomic E-state index is -0.277. The van der Waals surface area contributed by atoms with Crippen LogP contribution in [0, 0.1) is 0 Å². The van der Waals surface area contributed by atoms with Gasteiger partial charge in [0.25, 0.3) is 11.8 Å². The van der Waals surface area contributed by atoms with Crippen LogP contribution in [0.3, 0.4) is 0 Å². The number of hydrogen-bond donors (Lipinski definition) is 2. The number of ether oxygens (including phenoxy) is 1. The van der Waals surface area contributed by atoms with E-state index in [0.717, 1.165) is 26.0 Å². The summed E-state index contributed by atoms with van der Waals surface area (Å²) in [7, 11) is 3.87. The predicted molar refractivity (Wildman–Crippen MR) is 86.4 cm³/mol. The molecule has 0 spiro atoms. The number of nitrogens with one attached hydrogen (secondary N) is 2. The van der Waals surface area contributed by atoms with Crippen LogP contribution < -0.4 is 10.6 Å². The zero-order chi connectivity index (χ0) is 16.7.